The quantitative estimate of drug-likeness (QED) is 0.635. The summed E-state index contributed by atoms with van der Waals surface area (Å²) in [5, 5.41) is 15.6. The predicted octanol–water partition coefficient (Wildman–Crippen LogP) is 1.50. The summed E-state index contributed by atoms with van der Waals surface area (Å²) in [6, 6.07) is 2.79. The number of likely N-dealkylation sites (N-methyl/N-ethyl adjacent to an activating group) is 1. The van der Waals surface area contributed by atoms with Crippen molar-refractivity contribution in [3.8, 4) is 0 Å². The van der Waals surface area contributed by atoms with Gasteiger partial charge in [0, 0.05) is 18.7 Å². The highest BCUT2D eigenvalue weighted by Gasteiger charge is 2.19. The Kier molecular flexibility index (Phi) is 5.45. The first kappa shape index (κ1) is 15.9. The topological polar surface area (TPSA) is 101 Å². The number of hydrogen-bond donors (Lipinski definition) is 2. The fraction of sp³-hybridized carbons (Fsp3) is 0.333. The largest absolute Gasteiger partial charge is 0.355 e. The van der Waals surface area contributed by atoms with Gasteiger partial charge in [0.05, 0.1) is 15.5 Å². The van der Waals surface area contributed by atoms with Gasteiger partial charge in [0.15, 0.2) is 0 Å². The van der Waals surface area contributed by atoms with Crippen molar-refractivity contribution in [2.45, 2.75) is 19.9 Å². The van der Waals surface area contributed by atoms with Crippen LogP contribution in [0.2, 0.25) is 5.02 Å². The van der Waals surface area contributed by atoms with Crippen LogP contribution in [-0.4, -0.2) is 29.3 Å². The molecule has 2 N–H and O–H groups in total. The summed E-state index contributed by atoms with van der Waals surface area (Å²) in [5.74, 6) is -0.887. The molecular formula is C12H14ClN3O4. The highest BCUT2D eigenvalue weighted by atomic mass is 35.5. The summed E-state index contributed by atoms with van der Waals surface area (Å²) in [5.41, 5.74) is -0.128. The van der Waals surface area contributed by atoms with E-state index in [1.54, 1.807) is 6.92 Å². The lowest BCUT2D eigenvalue weighted by Gasteiger charge is -2.13. The molecule has 108 valence electrons. The number of nitrogens with zero attached hydrogens (tertiary/aromatic N) is 1. The third kappa shape index (κ3) is 3.92. The van der Waals surface area contributed by atoms with E-state index in [-0.39, 0.29) is 22.2 Å². The number of halogens is 1. The van der Waals surface area contributed by atoms with Crippen molar-refractivity contribution in [2.24, 2.45) is 0 Å². The maximum absolute atomic E-state index is 11.9. The summed E-state index contributed by atoms with van der Waals surface area (Å²) in [7, 11) is 0. The number of benzene rings is 1. The molecule has 2 amide bonds. The average molecular weight is 300 g/mol. The van der Waals surface area contributed by atoms with E-state index in [0.29, 0.717) is 6.54 Å². The molecule has 0 saturated carbocycles. The summed E-state index contributed by atoms with van der Waals surface area (Å²) in [4.78, 5) is 33.4. The third-order valence-corrected chi connectivity index (χ3v) is 2.81. The molecule has 0 spiro atoms. The molecule has 0 radical (unpaired) electrons. The van der Waals surface area contributed by atoms with Gasteiger partial charge in [-0.25, -0.2) is 0 Å². The normalized spacial score (nSPS) is 11.6. The number of amides is 2. The Morgan fingerprint density at radius 2 is 2.10 bits per heavy atom. The molecule has 1 aromatic rings. The predicted molar refractivity (Wildman–Crippen MR) is 73.7 cm³/mol. The number of non-ortho nitro benzene ring substituents is 1. The van der Waals surface area contributed by atoms with Gasteiger partial charge in [-0.3, -0.25) is 19.7 Å². The Labute approximate surface area is 120 Å². The molecule has 0 fully saturated rings. The number of nitrogens with one attached hydrogen (secondary N) is 2. The highest BCUT2D eigenvalue weighted by Crippen LogP contribution is 2.22. The van der Waals surface area contributed by atoms with Gasteiger partial charge in [-0.2, -0.15) is 0 Å². The minimum atomic E-state index is -0.728. The van der Waals surface area contributed by atoms with E-state index < -0.39 is 16.9 Å². The maximum Gasteiger partial charge on any atom is 0.270 e. The van der Waals surface area contributed by atoms with Gasteiger partial charge in [0.1, 0.15) is 6.04 Å². The zero-order chi connectivity index (χ0) is 15.3. The zero-order valence-corrected chi connectivity index (χ0v) is 11.7. The minimum absolute atomic E-state index is 0.0419. The summed E-state index contributed by atoms with van der Waals surface area (Å²) < 4.78 is 0. The van der Waals surface area contributed by atoms with Gasteiger partial charge in [0.2, 0.25) is 5.91 Å². The van der Waals surface area contributed by atoms with Crippen molar-refractivity contribution in [1.82, 2.24) is 10.6 Å². The van der Waals surface area contributed by atoms with Crippen LogP contribution in [0.1, 0.15) is 24.2 Å². The van der Waals surface area contributed by atoms with Crippen LogP contribution in [0.4, 0.5) is 5.69 Å². The van der Waals surface area contributed by atoms with E-state index in [1.807, 2.05) is 0 Å². The number of nitro groups is 1. The van der Waals surface area contributed by atoms with Crippen LogP contribution in [0.5, 0.6) is 0 Å². The van der Waals surface area contributed by atoms with Crippen molar-refractivity contribution in [3.63, 3.8) is 0 Å². The van der Waals surface area contributed by atoms with E-state index in [1.165, 1.54) is 19.1 Å². The SMILES string of the molecule is CCNC(=O)C(C)NC(=O)c1ccc([N+](=O)[O-])cc1Cl. The molecule has 0 aliphatic heterocycles. The molecule has 0 saturated heterocycles. The smallest absolute Gasteiger partial charge is 0.270 e. The van der Waals surface area contributed by atoms with E-state index in [0.717, 1.165) is 6.07 Å². The highest BCUT2D eigenvalue weighted by molar-refractivity contribution is 6.34. The Bertz CT molecular complexity index is 548. The van der Waals surface area contributed by atoms with E-state index in [2.05, 4.69) is 10.6 Å². The molecule has 0 aromatic heterocycles. The first-order chi connectivity index (χ1) is 9.36. The molecule has 7 nitrogen and oxygen atoms in total. The van der Waals surface area contributed by atoms with E-state index in [9.17, 15) is 19.7 Å². The van der Waals surface area contributed by atoms with Crippen LogP contribution in [0.3, 0.4) is 0 Å². The van der Waals surface area contributed by atoms with Gasteiger partial charge in [0.25, 0.3) is 11.6 Å². The Morgan fingerprint density at radius 1 is 1.45 bits per heavy atom. The fourth-order valence-corrected chi connectivity index (χ4v) is 1.73. The fourth-order valence-electron chi connectivity index (χ4n) is 1.47. The van der Waals surface area contributed by atoms with E-state index >= 15 is 0 Å². The second-order valence-electron chi connectivity index (χ2n) is 4.01. The van der Waals surface area contributed by atoms with Gasteiger partial charge in [-0.1, -0.05) is 11.6 Å². The molecule has 0 aliphatic rings. The monoisotopic (exact) mass is 299 g/mol. The van der Waals surface area contributed by atoms with Crippen LogP contribution in [-0.2, 0) is 4.79 Å². The van der Waals surface area contributed by atoms with Gasteiger partial charge in [-0.15, -0.1) is 0 Å². The molecule has 0 bridgehead atoms. The van der Waals surface area contributed by atoms with Gasteiger partial charge in [-0.05, 0) is 19.9 Å². The Balaban J connectivity index is 2.83. The number of rotatable bonds is 5. The first-order valence-corrected chi connectivity index (χ1v) is 6.27. The molecule has 8 heteroatoms. The average Bonchev–Trinajstić information content (AvgIpc) is 2.38. The lowest BCUT2D eigenvalue weighted by molar-refractivity contribution is -0.384. The van der Waals surface area contributed by atoms with Crippen LogP contribution in [0.15, 0.2) is 18.2 Å². The Morgan fingerprint density at radius 3 is 2.60 bits per heavy atom. The number of carbonyl (C=O) groups is 2. The number of hydrogen-bond acceptors (Lipinski definition) is 4. The van der Waals surface area contributed by atoms with Gasteiger partial charge < -0.3 is 10.6 Å². The third-order valence-electron chi connectivity index (χ3n) is 2.50. The summed E-state index contributed by atoms with van der Waals surface area (Å²) in [6.45, 7) is 3.75. The molecule has 0 heterocycles. The first-order valence-electron chi connectivity index (χ1n) is 5.89. The summed E-state index contributed by atoms with van der Waals surface area (Å²) >= 11 is 5.83. The molecule has 0 aliphatic carbocycles. The van der Waals surface area contributed by atoms with Crippen molar-refractivity contribution in [3.05, 3.63) is 38.9 Å². The second kappa shape index (κ2) is 6.85. The van der Waals surface area contributed by atoms with Crippen molar-refractivity contribution < 1.29 is 14.5 Å². The molecular weight excluding hydrogens is 286 g/mol. The number of carbonyl (C=O) groups excluding carboxylic acids is 2. The Hall–Kier alpha value is -2.15. The molecule has 1 aromatic carbocycles. The van der Waals surface area contributed by atoms with Crippen molar-refractivity contribution in [1.29, 1.82) is 0 Å². The molecule has 20 heavy (non-hydrogen) atoms. The van der Waals surface area contributed by atoms with E-state index in [4.69, 9.17) is 11.6 Å². The second-order valence-corrected chi connectivity index (χ2v) is 4.42. The van der Waals surface area contributed by atoms with Crippen LogP contribution in [0, 0.1) is 10.1 Å². The standard InChI is InChI=1S/C12H14ClN3O4/c1-3-14-11(17)7(2)15-12(18)9-5-4-8(16(19)20)6-10(9)13/h4-7H,3H2,1-2H3,(H,14,17)(H,15,18). The van der Waals surface area contributed by atoms with Crippen molar-refractivity contribution >= 4 is 29.1 Å². The van der Waals surface area contributed by atoms with Crippen LogP contribution < -0.4 is 10.6 Å². The molecule has 1 atom stereocenters. The minimum Gasteiger partial charge on any atom is -0.355 e. The lowest BCUT2D eigenvalue weighted by atomic mass is 10.1. The molecule has 1 unspecified atom stereocenters. The van der Waals surface area contributed by atoms with Crippen molar-refractivity contribution in [2.75, 3.05) is 6.54 Å². The van der Waals surface area contributed by atoms with Crippen LogP contribution >= 0.6 is 11.6 Å². The van der Waals surface area contributed by atoms with Crippen LogP contribution in [0.25, 0.3) is 0 Å². The lowest BCUT2D eigenvalue weighted by Crippen LogP contribution is -2.44. The molecule has 1 rings (SSSR count). The number of nitro benzene ring substituents is 1. The summed E-state index contributed by atoms with van der Waals surface area (Å²) in [6.07, 6.45) is 0. The maximum atomic E-state index is 11.9. The zero-order valence-electron chi connectivity index (χ0n) is 11.0. The van der Waals surface area contributed by atoms with Gasteiger partial charge >= 0.3 is 0 Å².